The first-order chi connectivity index (χ1) is 11.1. The average Bonchev–Trinajstić information content (AvgIpc) is 2.56. The van der Waals surface area contributed by atoms with Crippen LogP contribution in [0.2, 0.25) is 0 Å². The molecule has 2 aromatic carbocycles. The standard InChI is InChI=1S/C20H26N2O/c1-4-20(5-2)14-22(13-16-11-9-15(3)10-12-16)19-17(21)7-6-8-18(19)23-20/h6-12H,4-5,13-14,21H2,1-3H3. The third kappa shape index (κ3) is 3.00. The predicted molar refractivity (Wildman–Crippen MR) is 97.0 cm³/mol. The van der Waals surface area contributed by atoms with Crippen molar-refractivity contribution < 1.29 is 4.74 Å². The third-order valence-electron chi connectivity index (χ3n) is 4.93. The van der Waals surface area contributed by atoms with Crippen molar-refractivity contribution in [1.82, 2.24) is 0 Å². The van der Waals surface area contributed by atoms with Gasteiger partial charge in [-0.2, -0.15) is 0 Å². The van der Waals surface area contributed by atoms with Crippen molar-refractivity contribution in [3.8, 4) is 5.75 Å². The highest BCUT2D eigenvalue weighted by atomic mass is 16.5. The number of para-hydroxylation sites is 1. The summed E-state index contributed by atoms with van der Waals surface area (Å²) in [6.07, 6.45) is 1.98. The lowest BCUT2D eigenvalue weighted by atomic mass is 9.93. The highest BCUT2D eigenvalue weighted by Gasteiger charge is 2.37. The van der Waals surface area contributed by atoms with Crippen molar-refractivity contribution >= 4 is 11.4 Å². The highest BCUT2D eigenvalue weighted by Crippen LogP contribution is 2.43. The molecule has 0 radical (unpaired) electrons. The number of hydrogen-bond donors (Lipinski definition) is 1. The Hall–Kier alpha value is -2.16. The molecule has 0 aliphatic carbocycles. The van der Waals surface area contributed by atoms with Crippen LogP contribution in [0.5, 0.6) is 5.75 Å². The predicted octanol–water partition coefficient (Wildman–Crippen LogP) is 4.54. The molecule has 23 heavy (non-hydrogen) atoms. The fourth-order valence-electron chi connectivity index (χ4n) is 3.32. The molecule has 0 aromatic heterocycles. The molecule has 3 nitrogen and oxygen atoms in total. The van der Waals surface area contributed by atoms with Gasteiger partial charge in [-0.3, -0.25) is 0 Å². The van der Waals surface area contributed by atoms with Gasteiger partial charge in [0.15, 0.2) is 0 Å². The molecule has 0 saturated heterocycles. The van der Waals surface area contributed by atoms with Gasteiger partial charge in [-0.25, -0.2) is 0 Å². The minimum atomic E-state index is -0.133. The van der Waals surface area contributed by atoms with E-state index in [2.05, 4.69) is 49.9 Å². The number of hydrogen-bond acceptors (Lipinski definition) is 3. The first-order valence-corrected chi connectivity index (χ1v) is 8.45. The van der Waals surface area contributed by atoms with Crippen molar-refractivity contribution in [2.24, 2.45) is 0 Å². The molecule has 0 spiro atoms. The maximum atomic E-state index is 6.36. The summed E-state index contributed by atoms with van der Waals surface area (Å²) < 4.78 is 6.36. The molecule has 0 atom stereocenters. The smallest absolute Gasteiger partial charge is 0.145 e. The van der Waals surface area contributed by atoms with Crippen molar-refractivity contribution in [2.75, 3.05) is 17.2 Å². The Kier molecular flexibility index (Phi) is 4.20. The monoisotopic (exact) mass is 310 g/mol. The van der Waals surface area contributed by atoms with Crippen LogP contribution in [-0.4, -0.2) is 12.1 Å². The van der Waals surface area contributed by atoms with Crippen molar-refractivity contribution in [3.63, 3.8) is 0 Å². The summed E-state index contributed by atoms with van der Waals surface area (Å²) in [5.74, 6) is 0.909. The lowest BCUT2D eigenvalue weighted by Crippen LogP contribution is -2.50. The Morgan fingerprint density at radius 1 is 1.09 bits per heavy atom. The van der Waals surface area contributed by atoms with Crippen LogP contribution in [0, 0.1) is 6.92 Å². The van der Waals surface area contributed by atoms with Crippen molar-refractivity contribution in [1.29, 1.82) is 0 Å². The van der Waals surface area contributed by atoms with Gasteiger partial charge in [0.05, 0.1) is 12.2 Å². The van der Waals surface area contributed by atoms with Crippen molar-refractivity contribution in [2.45, 2.75) is 45.8 Å². The zero-order chi connectivity index (χ0) is 16.4. The second-order valence-electron chi connectivity index (χ2n) is 6.53. The molecule has 0 saturated carbocycles. The molecule has 1 aliphatic rings. The molecule has 2 aromatic rings. The van der Waals surface area contributed by atoms with Crippen LogP contribution in [0.15, 0.2) is 42.5 Å². The molecule has 1 heterocycles. The largest absolute Gasteiger partial charge is 0.483 e. The summed E-state index contributed by atoms with van der Waals surface area (Å²) in [6, 6.07) is 14.7. The number of fused-ring (bicyclic) bond motifs is 1. The Labute approximate surface area is 139 Å². The average molecular weight is 310 g/mol. The minimum absolute atomic E-state index is 0.133. The van der Waals surface area contributed by atoms with Crippen LogP contribution >= 0.6 is 0 Å². The lowest BCUT2D eigenvalue weighted by molar-refractivity contribution is 0.0572. The molecular formula is C20H26N2O. The van der Waals surface area contributed by atoms with Crippen LogP contribution < -0.4 is 15.4 Å². The third-order valence-corrected chi connectivity index (χ3v) is 4.93. The van der Waals surface area contributed by atoms with E-state index in [0.717, 1.165) is 43.1 Å². The van der Waals surface area contributed by atoms with Crippen LogP contribution in [0.25, 0.3) is 0 Å². The molecule has 122 valence electrons. The number of ether oxygens (including phenoxy) is 1. The zero-order valence-corrected chi connectivity index (χ0v) is 14.3. The number of benzene rings is 2. The van der Waals surface area contributed by atoms with Gasteiger partial charge >= 0.3 is 0 Å². The van der Waals surface area contributed by atoms with Gasteiger partial charge in [-0.05, 0) is 37.5 Å². The molecule has 0 bridgehead atoms. The van der Waals surface area contributed by atoms with E-state index in [1.165, 1.54) is 11.1 Å². The van der Waals surface area contributed by atoms with Crippen molar-refractivity contribution in [3.05, 3.63) is 53.6 Å². The van der Waals surface area contributed by atoms with E-state index in [1.54, 1.807) is 0 Å². The minimum Gasteiger partial charge on any atom is -0.483 e. The molecule has 1 aliphatic heterocycles. The number of nitrogens with two attached hydrogens (primary N) is 1. The number of aryl methyl sites for hydroxylation is 1. The Morgan fingerprint density at radius 3 is 2.43 bits per heavy atom. The molecular weight excluding hydrogens is 284 g/mol. The fraction of sp³-hybridized carbons (Fsp3) is 0.400. The van der Waals surface area contributed by atoms with E-state index >= 15 is 0 Å². The van der Waals surface area contributed by atoms with E-state index < -0.39 is 0 Å². The first kappa shape index (κ1) is 15.7. The number of nitrogen functional groups attached to an aromatic ring is 1. The number of anilines is 2. The van der Waals surface area contributed by atoms with Crippen LogP contribution in [-0.2, 0) is 6.54 Å². The molecule has 3 heteroatoms. The van der Waals surface area contributed by atoms with Gasteiger partial charge in [0.25, 0.3) is 0 Å². The zero-order valence-electron chi connectivity index (χ0n) is 14.3. The van der Waals surface area contributed by atoms with Crippen LogP contribution in [0.3, 0.4) is 0 Å². The molecule has 0 fully saturated rings. The summed E-state index contributed by atoms with van der Waals surface area (Å²) in [4.78, 5) is 2.38. The van der Waals surface area contributed by atoms with Gasteiger partial charge in [0, 0.05) is 6.54 Å². The lowest BCUT2D eigenvalue weighted by Gasteiger charge is -2.44. The summed E-state index contributed by atoms with van der Waals surface area (Å²) in [6.45, 7) is 8.24. The van der Waals surface area contributed by atoms with Gasteiger partial charge in [0.1, 0.15) is 17.0 Å². The number of nitrogens with zero attached hydrogens (tertiary/aromatic N) is 1. The summed E-state index contributed by atoms with van der Waals surface area (Å²) >= 11 is 0. The quantitative estimate of drug-likeness (QED) is 0.843. The maximum Gasteiger partial charge on any atom is 0.145 e. The van der Waals surface area contributed by atoms with Gasteiger partial charge in [-0.15, -0.1) is 0 Å². The van der Waals surface area contributed by atoms with E-state index in [0.29, 0.717) is 0 Å². The van der Waals surface area contributed by atoms with Gasteiger partial charge in [-0.1, -0.05) is 49.7 Å². The van der Waals surface area contributed by atoms with Crippen LogP contribution in [0.4, 0.5) is 11.4 Å². The Balaban J connectivity index is 1.98. The topological polar surface area (TPSA) is 38.5 Å². The SMILES string of the molecule is CCC1(CC)CN(Cc2ccc(C)cc2)c2c(N)cccc2O1. The molecule has 3 rings (SSSR count). The van der Waals surface area contributed by atoms with Gasteiger partial charge < -0.3 is 15.4 Å². The summed E-state index contributed by atoms with van der Waals surface area (Å²) in [5.41, 5.74) is 10.5. The Morgan fingerprint density at radius 2 is 1.78 bits per heavy atom. The molecule has 2 N–H and O–H groups in total. The van der Waals surface area contributed by atoms with E-state index in [-0.39, 0.29) is 5.60 Å². The first-order valence-electron chi connectivity index (χ1n) is 8.45. The van der Waals surface area contributed by atoms with E-state index in [9.17, 15) is 0 Å². The Bertz CT molecular complexity index is 675. The fourth-order valence-corrected chi connectivity index (χ4v) is 3.32. The number of rotatable bonds is 4. The maximum absolute atomic E-state index is 6.36. The summed E-state index contributed by atoms with van der Waals surface area (Å²) in [5, 5.41) is 0. The second-order valence-corrected chi connectivity index (χ2v) is 6.53. The van der Waals surface area contributed by atoms with E-state index in [4.69, 9.17) is 10.5 Å². The normalized spacial score (nSPS) is 15.9. The molecule has 0 amide bonds. The highest BCUT2D eigenvalue weighted by molar-refractivity contribution is 5.76. The second kappa shape index (κ2) is 6.15. The van der Waals surface area contributed by atoms with Crippen LogP contribution in [0.1, 0.15) is 37.8 Å². The molecule has 0 unspecified atom stereocenters. The van der Waals surface area contributed by atoms with E-state index in [1.807, 2.05) is 18.2 Å². The van der Waals surface area contributed by atoms with Gasteiger partial charge in [0.2, 0.25) is 0 Å². The summed E-state index contributed by atoms with van der Waals surface area (Å²) in [7, 11) is 0.